The van der Waals surface area contributed by atoms with Crippen LogP contribution >= 0.6 is 11.8 Å². The van der Waals surface area contributed by atoms with E-state index in [2.05, 4.69) is 21.6 Å². The Hall–Kier alpha value is -2.67. The van der Waals surface area contributed by atoms with Crippen LogP contribution in [-0.4, -0.2) is 21.9 Å². The Bertz CT molecular complexity index is 891. The van der Waals surface area contributed by atoms with Crippen molar-refractivity contribution in [2.75, 3.05) is 11.1 Å². The van der Waals surface area contributed by atoms with E-state index in [-0.39, 0.29) is 11.7 Å². The molecule has 0 aliphatic heterocycles. The minimum absolute atomic E-state index is 0.0883. The first-order valence-electron chi connectivity index (χ1n) is 7.60. The number of hydrogen-bond acceptors (Lipinski definition) is 5. The van der Waals surface area contributed by atoms with Crippen LogP contribution < -0.4 is 5.32 Å². The highest BCUT2D eigenvalue weighted by atomic mass is 32.2. The maximum atomic E-state index is 13.1. The first kappa shape index (κ1) is 17.2. The zero-order chi connectivity index (χ0) is 17.8. The lowest BCUT2D eigenvalue weighted by atomic mass is 10.1. The van der Waals surface area contributed by atoms with Crippen LogP contribution in [0.4, 0.5) is 10.1 Å². The SMILES string of the molecule is Cc1cc(C)cc(-c2nnc(SCC(=O)Nc3cccc(F)c3)o2)c1. The molecule has 1 amide bonds. The molecular weight excluding hydrogens is 341 g/mol. The number of carbonyl (C=O) groups excluding carboxylic acids is 1. The maximum Gasteiger partial charge on any atom is 0.277 e. The molecule has 1 N–H and O–H groups in total. The molecule has 0 saturated carbocycles. The molecule has 1 heterocycles. The van der Waals surface area contributed by atoms with E-state index in [1.54, 1.807) is 6.07 Å². The molecule has 25 heavy (non-hydrogen) atoms. The standard InChI is InChI=1S/C18H16FN3O2S/c1-11-6-12(2)8-13(7-11)17-21-22-18(24-17)25-10-16(23)20-15-5-3-4-14(19)9-15/h3-9H,10H2,1-2H3,(H,20,23). The average molecular weight is 357 g/mol. The number of amides is 1. The lowest BCUT2D eigenvalue weighted by molar-refractivity contribution is -0.113. The summed E-state index contributed by atoms with van der Waals surface area (Å²) in [6.45, 7) is 4.00. The van der Waals surface area contributed by atoms with Crippen molar-refractivity contribution >= 4 is 23.4 Å². The number of carbonyl (C=O) groups is 1. The summed E-state index contributed by atoms with van der Waals surface area (Å²) in [7, 11) is 0. The summed E-state index contributed by atoms with van der Waals surface area (Å²) in [6, 6.07) is 11.7. The third-order valence-electron chi connectivity index (χ3n) is 3.31. The monoisotopic (exact) mass is 357 g/mol. The van der Waals surface area contributed by atoms with Gasteiger partial charge in [0.2, 0.25) is 11.8 Å². The van der Waals surface area contributed by atoms with Gasteiger partial charge in [-0.3, -0.25) is 4.79 Å². The van der Waals surface area contributed by atoms with Crippen LogP contribution in [-0.2, 0) is 4.79 Å². The fourth-order valence-electron chi connectivity index (χ4n) is 2.37. The molecule has 0 saturated heterocycles. The van der Waals surface area contributed by atoms with Gasteiger partial charge in [-0.2, -0.15) is 0 Å². The molecule has 0 atom stereocenters. The number of aromatic nitrogens is 2. The zero-order valence-corrected chi connectivity index (χ0v) is 14.6. The summed E-state index contributed by atoms with van der Waals surface area (Å²) < 4.78 is 18.7. The molecule has 128 valence electrons. The van der Waals surface area contributed by atoms with Crippen molar-refractivity contribution in [3.05, 3.63) is 59.4 Å². The van der Waals surface area contributed by atoms with E-state index in [0.717, 1.165) is 28.5 Å². The summed E-state index contributed by atoms with van der Waals surface area (Å²) in [5.74, 6) is -0.174. The fraction of sp³-hybridized carbons (Fsp3) is 0.167. The van der Waals surface area contributed by atoms with E-state index >= 15 is 0 Å². The molecule has 1 aromatic heterocycles. The molecule has 0 aliphatic carbocycles. The summed E-state index contributed by atoms with van der Waals surface area (Å²) in [4.78, 5) is 11.9. The van der Waals surface area contributed by atoms with Crippen LogP contribution in [0.5, 0.6) is 0 Å². The van der Waals surface area contributed by atoms with Crippen LogP contribution in [0.1, 0.15) is 11.1 Å². The summed E-state index contributed by atoms with van der Waals surface area (Å²) >= 11 is 1.13. The second-order valence-electron chi connectivity index (χ2n) is 5.60. The Kier molecular flexibility index (Phi) is 5.14. The first-order valence-corrected chi connectivity index (χ1v) is 8.58. The largest absolute Gasteiger partial charge is 0.411 e. The Morgan fingerprint density at radius 2 is 1.92 bits per heavy atom. The average Bonchev–Trinajstić information content (AvgIpc) is 3.01. The number of nitrogens with one attached hydrogen (secondary N) is 1. The van der Waals surface area contributed by atoms with E-state index < -0.39 is 5.82 Å². The van der Waals surface area contributed by atoms with Crippen molar-refractivity contribution in [2.24, 2.45) is 0 Å². The van der Waals surface area contributed by atoms with E-state index in [0.29, 0.717) is 16.8 Å². The second kappa shape index (κ2) is 7.48. The number of anilines is 1. The Balaban J connectivity index is 1.61. The molecular formula is C18H16FN3O2S. The molecule has 0 radical (unpaired) electrons. The number of hydrogen-bond donors (Lipinski definition) is 1. The number of rotatable bonds is 5. The van der Waals surface area contributed by atoms with Crippen molar-refractivity contribution in [1.29, 1.82) is 0 Å². The number of thioether (sulfide) groups is 1. The van der Waals surface area contributed by atoms with E-state index in [1.165, 1.54) is 18.2 Å². The van der Waals surface area contributed by atoms with Gasteiger partial charge in [0.25, 0.3) is 5.22 Å². The van der Waals surface area contributed by atoms with Gasteiger partial charge < -0.3 is 9.73 Å². The van der Waals surface area contributed by atoms with Gasteiger partial charge in [0.1, 0.15) is 5.82 Å². The maximum absolute atomic E-state index is 13.1. The van der Waals surface area contributed by atoms with Gasteiger partial charge in [-0.05, 0) is 44.2 Å². The summed E-state index contributed by atoms with van der Waals surface area (Å²) in [5, 5.41) is 10.9. The minimum Gasteiger partial charge on any atom is -0.411 e. The molecule has 3 rings (SSSR count). The Morgan fingerprint density at radius 1 is 1.16 bits per heavy atom. The van der Waals surface area contributed by atoms with Crippen molar-refractivity contribution in [2.45, 2.75) is 19.1 Å². The van der Waals surface area contributed by atoms with Crippen LogP contribution in [0.2, 0.25) is 0 Å². The minimum atomic E-state index is -0.402. The van der Waals surface area contributed by atoms with Crippen molar-refractivity contribution in [1.82, 2.24) is 10.2 Å². The van der Waals surface area contributed by atoms with Gasteiger partial charge in [-0.25, -0.2) is 4.39 Å². The molecule has 7 heteroatoms. The molecule has 3 aromatic rings. The molecule has 0 unspecified atom stereocenters. The number of halogens is 1. The van der Waals surface area contributed by atoms with E-state index in [1.807, 2.05) is 26.0 Å². The highest BCUT2D eigenvalue weighted by Crippen LogP contribution is 2.25. The smallest absolute Gasteiger partial charge is 0.277 e. The van der Waals surface area contributed by atoms with Crippen molar-refractivity contribution in [3.63, 3.8) is 0 Å². The molecule has 5 nitrogen and oxygen atoms in total. The van der Waals surface area contributed by atoms with Crippen molar-refractivity contribution < 1.29 is 13.6 Å². The highest BCUT2D eigenvalue weighted by Gasteiger charge is 2.12. The third kappa shape index (κ3) is 4.67. The lowest BCUT2D eigenvalue weighted by Crippen LogP contribution is -2.14. The Morgan fingerprint density at radius 3 is 2.64 bits per heavy atom. The van der Waals surface area contributed by atoms with Gasteiger partial charge in [-0.1, -0.05) is 35.0 Å². The van der Waals surface area contributed by atoms with E-state index in [9.17, 15) is 9.18 Å². The van der Waals surface area contributed by atoms with Gasteiger partial charge >= 0.3 is 0 Å². The second-order valence-corrected chi connectivity index (χ2v) is 6.52. The normalized spacial score (nSPS) is 10.7. The van der Waals surface area contributed by atoms with Crippen LogP contribution in [0.25, 0.3) is 11.5 Å². The molecule has 0 fully saturated rings. The Labute approximate surface area is 148 Å². The van der Waals surface area contributed by atoms with Crippen LogP contribution in [0, 0.1) is 19.7 Å². The van der Waals surface area contributed by atoms with Gasteiger partial charge in [-0.15, -0.1) is 10.2 Å². The predicted molar refractivity (Wildman–Crippen MR) is 95.0 cm³/mol. The first-order chi connectivity index (χ1) is 12.0. The quantitative estimate of drug-likeness (QED) is 0.692. The number of nitrogens with zero attached hydrogens (tertiary/aromatic N) is 2. The molecule has 2 aromatic carbocycles. The summed E-state index contributed by atoms with van der Waals surface area (Å²) in [5.41, 5.74) is 3.47. The lowest BCUT2D eigenvalue weighted by Gasteiger charge is -2.03. The van der Waals surface area contributed by atoms with Gasteiger partial charge in [0.05, 0.1) is 5.75 Å². The van der Waals surface area contributed by atoms with Gasteiger partial charge in [0.15, 0.2) is 0 Å². The van der Waals surface area contributed by atoms with Crippen LogP contribution in [0.15, 0.2) is 52.1 Å². The zero-order valence-electron chi connectivity index (χ0n) is 13.7. The highest BCUT2D eigenvalue weighted by molar-refractivity contribution is 7.99. The predicted octanol–water partition coefficient (Wildman–Crippen LogP) is 4.22. The fourth-order valence-corrected chi connectivity index (χ4v) is 2.94. The van der Waals surface area contributed by atoms with Gasteiger partial charge in [0, 0.05) is 11.3 Å². The summed E-state index contributed by atoms with van der Waals surface area (Å²) in [6.07, 6.45) is 0. The number of benzene rings is 2. The third-order valence-corrected chi connectivity index (χ3v) is 4.13. The van der Waals surface area contributed by atoms with Crippen LogP contribution in [0.3, 0.4) is 0 Å². The molecule has 0 spiro atoms. The molecule has 0 bridgehead atoms. The molecule has 0 aliphatic rings. The number of aryl methyl sites for hydroxylation is 2. The van der Waals surface area contributed by atoms with E-state index in [4.69, 9.17) is 4.42 Å². The topological polar surface area (TPSA) is 68.0 Å². The van der Waals surface area contributed by atoms with Crippen molar-refractivity contribution in [3.8, 4) is 11.5 Å².